The number of benzene rings is 2. The van der Waals surface area contributed by atoms with Crippen LogP contribution >= 0.6 is 11.6 Å². The van der Waals surface area contributed by atoms with Gasteiger partial charge in [0, 0.05) is 6.07 Å². The van der Waals surface area contributed by atoms with Gasteiger partial charge in [0.05, 0.1) is 35.6 Å². The van der Waals surface area contributed by atoms with E-state index < -0.39 is 6.16 Å². The number of carboxylic acid groups (broad SMARTS) is 1. The van der Waals surface area contributed by atoms with Gasteiger partial charge in [0.2, 0.25) is 5.95 Å². The lowest BCUT2D eigenvalue weighted by atomic mass is 10.3. The molecule has 0 atom stereocenters. The van der Waals surface area contributed by atoms with Crippen molar-refractivity contribution >= 4 is 28.8 Å². The van der Waals surface area contributed by atoms with Crippen LogP contribution in [0.3, 0.4) is 0 Å². The molecule has 0 bridgehead atoms. The minimum atomic E-state index is -1.42. The van der Waals surface area contributed by atoms with Crippen LogP contribution in [0.1, 0.15) is 0 Å². The fourth-order valence-electron chi connectivity index (χ4n) is 2.53. The number of ether oxygens (including phenoxy) is 3. The Morgan fingerprint density at radius 3 is 2.64 bits per heavy atom. The maximum atomic E-state index is 10.6. The number of imidazole rings is 1. The van der Waals surface area contributed by atoms with Gasteiger partial charge in [-0.2, -0.15) is 5.10 Å². The lowest BCUT2D eigenvalue weighted by molar-refractivity contribution is 0.144. The maximum absolute atomic E-state index is 10.6. The lowest BCUT2D eigenvalue weighted by Gasteiger charge is -2.08. The molecule has 2 heterocycles. The van der Waals surface area contributed by atoms with Crippen LogP contribution in [0.4, 0.5) is 4.79 Å². The zero-order chi connectivity index (χ0) is 19.7. The number of H-pyrrole nitrogens is 1. The third-order valence-electron chi connectivity index (χ3n) is 3.79. The molecule has 2 aromatic carbocycles. The molecule has 4 rings (SSSR count). The van der Waals surface area contributed by atoms with Crippen LogP contribution in [0.25, 0.3) is 17.0 Å². The lowest BCUT2D eigenvalue weighted by Crippen LogP contribution is -2.02. The highest BCUT2D eigenvalue weighted by Crippen LogP contribution is 2.33. The largest absolute Gasteiger partial charge is 0.511 e. The van der Waals surface area contributed by atoms with Crippen LogP contribution in [-0.2, 0) is 0 Å². The highest BCUT2D eigenvalue weighted by molar-refractivity contribution is 6.32. The average molecular weight is 401 g/mol. The first-order valence-corrected chi connectivity index (χ1v) is 8.36. The van der Waals surface area contributed by atoms with Gasteiger partial charge in [0.15, 0.2) is 5.75 Å². The number of nitrogens with one attached hydrogen (secondary N) is 1. The molecule has 2 N–H and O–H groups in total. The highest BCUT2D eigenvalue weighted by atomic mass is 35.5. The summed E-state index contributed by atoms with van der Waals surface area (Å²) < 4.78 is 16.9. The predicted molar refractivity (Wildman–Crippen MR) is 99.9 cm³/mol. The summed E-state index contributed by atoms with van der Waals surface area (Å²) in [5, 5.41) is 13.1. The molecule has 10 heteroatoms. The monoisotopic (exact) mass is 400 g/mol. The molecule has 0 aliphatic heterocycles. The quantitative estimate of drug-likeness (QED) is 0.481. The van der Waals surface area contributed by atoms with Crippen molar-refractivity contribution in [3.63, 3.8) is 0 Å². The standard InChI is InChI=1S/C18H13ClN4O5/c1-26-10-2-4-11(5-3-10)27-16-7-15-14(6-13(16)19)21-17(22-15)23-9-12(8-20-23)28-18(24)25/h2-9H,1H3,(H,21,22)(H,24,25). The number of methoxy groups -OCH3 is 1. The second kappa shape index (κ2) is 7.12. The molecule has 0 amide bonds. The number of hydrogen-bond acceptors (Lipinski definition) is 6. The Morgan fingerprint density at radius 1 is 1.18 bits per heavy atom. The molecular formula is C18H13ClN4O5. The van der Waals surface area contributed by atoms with Gasteiger partial charge in [-0.3, -0.25) is 0 Å². The molecule has 4 aromatic rings. The van der Waals surface area contributed by atoms with Crippen molar-refractivity contribution in [1.29, 1.82) is 0 Å². The van der Waals surface area contributed by atoms with Crippen molar-refractivity contribution < 1.29 is 24.1 Å². The van der Waals surface area contributed by atoms with Crippen LogP contribution < -0.4 is 14.2 Å². The van der Waals surface area contributed by atoms with E-state index in [0.717, 1.165) is 5.75 Å². The molecule has 0 radical (unpaired) electrons. The summed E-state index contributed by atoms with van der Waals surface area (Å²) in [7, 11) is 1.59. The van der Waals surface area contributed by atoms with Crippen molar-refractivity contribution in [3.8, 4) is 28.9 Å². The molecule has 2 aromatic heterocycles. The second-order valence-electron chi connectivity index (χ2n) is 5.63. The van der Waals surface area contributed by atoms with Crippen LogP contribution in [0.2, 0.25) is 5.02 Å². The SMILES string of the molecule is COc1ccc(Oc2cc3nc(-n4cc(OC(=O)O)cn4)[nH]c3cc2Cl)cc1. The van der Waals surface area contributed by atoms with E-state index in [2.05, 4.69) is 19.8 Å². The molecule has 0 spiro atoms. The van der Waals surface area contributed by atoms with Crippen molar-refractivity contribution in [2.75, 3.05) is 7.11 Å². The topological polar surface area (TPSA) is 111 Å². The van der Waals surface area contributed by atoms with E-state index >= 15 is 0 Å². The fraction of sp³-hybridized carbons (Fsp3) is 0.0556. The summed E-state index contributed by atoms with van der Waals surface area (Å²) in [5.41, 5.74) is 1.26. The van der Waals surface area contributed by atoms with E-state index in [1.807, 2.05) is 0 Å². The Hall–Kier alpha value is -3.72. The summed E-state index contributed by atoms with van der Waals surface area (Å²) >= 11 is 6.32. The van der Waals surface area contributed by atoms with Gasteiger partial charge in [-0.15, -0.1) is 0 Å². The van der Waals surface area contributed by atoms with Gasteiger partial charge in [-0.1, -0.05) is 11.6 Å². The summed E-state index contributed by atoms with van der Waals surface area (Å²) in [4.78, 5) is 18.1. The highest BCUT2D eigenvalue weighted by Gasteiger charge is 2.13. The molecular weight excluding hydrogens is 388 g/mol. The Kier molecular flexibility index (Phi) is 4.50. The Morgan fingerprint density at radius 2 is 1.93 bits per heavy atom. The van der Waals surface area contributed by atoms with E-state index in [4.69, 9.17) is 26.2 Å². The third-order valence-corrected chi connectivity index (χ3v) is 4.09. The van der Waals surface area contributed by atoms with Crippen molar-refractivity contribution in [2.24, 2.45) is 0 Å². The number of aromatic nitrogens is 4. The summed E-state index contributed by atoms with van der Waals surface area (Å²) in [6, 6.07) is 10.5. The molecule has 0 unspecified atom stereocenters. The smallest absolute Gasteiger partial charge is 0.497 e. The summed E-state index contributed by atoms with van der Waals surface area (Å²) in [6.07, 6.45) is 1.24. The minimum absolute atomic E-state index is 0.0783. The van der Waals surface area contributed by atoms with E-state index in [1.54, 1.807) is 43.5 Å². The van der Waals surface area contributed by atoms with Gasteiger partial charge in [0.1, 0.15) is 17.2 Å². The van der Waals surface area contributed by atoms with Crippen LogP contribution in [0, 0.1) is 0 Å². The Labute approximate surface area is 163 Å². The first-order chi connectivity index (χ1) is 13.5. The van der Waals surface area contributed by atoms with Crippen molar-refractivity contribution in [2.45, 2.75) is 0 Å². The van der Waals surface area contributed by atoms with E-state index in [-0.39, 0.29) is 5.75 Å². The van der Waals surface area contributed by atoms with Crippen LogP contribution in [0.5, 0.6) is 23.0 Å². The summed E-state index contributed by atoms with van der Waals surface area (Å²) in [6.45, 7) is 0. The number of carbonyl (C=O) groups is 1. The van der Waals surface area contributed by atoms with Crippen LogP contribution in [-0.4, -0.2) is 38.1 Å². The van der Waals surface area contributed by atoms with E-state index in [9.17, 15) is 4.79 Å². The Bertz CT molecular complexity index is 1150. The molecule has 28 heavy (non-hydrogen) atoms. The minimum Gasteiger partial charge on any atom is -0.497 e. The molecule has 0 saturated heterocycles. The van der Waals surface area contributed by atoms with Crippen LogP contribution in [0.15, 0.2) is 48.8 Å². The second-order valence-corrected chi connectivity index (χ2v) is 6.03. The van der Waals surface area contributed by atoms with Gasteiger partial charge in [-0.05, 0) is 30.3 Å². The molecule has 9 nitrogen and oxygen atoms in total. The Balaban J connectivity index is 1.62. The predicted octanol–water partition coefficient (Wildman–Crippen LogP) is 4.26. The van der Waals surface area contributed by atoms with Gasteiger partial charge in [-0.25, -0.2) is 14.5 Å². The summed E-state index contributed by atoms with van der Waals surface area (Å²) in [5.74, 6) is 2.20. The van der Waals surface area contributed by atoms with E-state index in [1.165, 1.54) is 17.1 Å². The van der Waals surface area contributed by atoms with Gasteiger partial charge in [0.25, 0.3) is 0 Å². The molecule has 0 aliphatic rings. The molecule has 0 aliphatic carbocycles. The van der Waals surface area contributed by atoms with Gasteiger partial charge >= 0.3 is 6.16 Å². The molecule has 142 valence electrons. The first kappa shape index (κ1) is 17.7. The normalized spacial score (nSPS) is 10.8. The fourth-order valence-corrected chi connectivity index (χ4v) is 2.73. The number of rotatable bonds is 5. The number of fused-ring (bicyclic) bond motifs is 1. The van der Waals surface area contributed by atoms with Gasteiger partial charge < -0.3 is 24.3 Å². The maximum Gasteiger partial charge on any atom is 0.511 e. The average Bonchev–Trinajstić information content (AvgIpc) is 3.28. The zero-order valence-corrected chi connectivity index (χ0v) is 15.2. The molecule has 0 saturated carbocycles. The molecule has 0 fully saturated rings. The number of aromatic amines is 1. The first-order valence-electron chi connectivity index (χ1n) is 7.99. The number of halogens is 1. The number of hydrogen-bond donors (Lipinski definition) is 2. The van der Waals surface area contributed by atoms with Crippen molar-refractivity contribution in [3.05, 3.63) is 53.8 Å². The zero-order valence-electron chi connectivity index (χ0n) is 14.4. The third kappa shape index (κ3) is 3.55. The van der Waals surface area contributed by atoms with E-state index in [0.29, 0.717) is 33.5 Å². The number of nitrogens with zero attached hydrogens (tertiary/aromatic N) is 3. The van der Waals surface area contributed by atoms with Crippen molar-refractivity contribution in [1.82, 2.24) is 19.7 Å².